The minimum absolute atomic E-state index is 0.202. The molecule has 182 valence electrons. The van der Waals surface area contributed by atoms with Gasteiger partial charge in [-0.2, -0.15) is 0 Å². The van der Waals surface area contributed by atoms with E-state index in [1.54, 1.807) is 72.8 Å². The number of hydrogen-bond acceptors (Lipinski definition) is 5. The first kappa shape index (κ1) is 25.0. The van der Waals surface area contributed by atoms with Crippen LogP contribution in [0.15, 0.2) is 85.0 Å². The van der Waals surface area contributed by atoms with Crippen molar-refractivity contribution in [3.05, 3.63) is 106 Å². The third-order valence-corrected chi connectivity index (χ3v) is 5.77. The van der Waals surface area contributed by atoms with Gasteiger partial charge in [-0.15, -0.1) is 0 Å². The molecule has 0 atom stereocenters. The Balaban J connectivity index is 1.54. The summed E-state index contributed by atoms with van der Waals surface area (Å²) in [6, 6.07) is 17.5. The van der Waals surface area contributed by atoms with E-state index in [1.165, 1.54) is 6.08 Å². The SMILES string of the molecule is C=CCOc1ccccc1/C=C1\C(=O)NC(=O)N(c2ccc(OCc3ccc(Cl)cc3Cl)cc2)C1=O. The Morgan fingerprint density at radius 1 is 0.944 bits per heavy atom. The van der Waals surface area contributed by atoms with Crippen molar-refractivity contribution in [2.24, 2.45) is 0 Å². The Hall–Kier alpha value is -4.07. The lowest BCUT2D eigenvalue weighted by Gasteiger charge is -2.26. The Kier molecular flexibility index (Phi) is 7.73. The molecule has 0 unspecified atom stereocenters. The number of hydrogen-bond donors (Lipinski definition) is 1. The summed E-state index contributed by atoms with van der Waals surface area (Å²) in [7, 11) is 0. The molecule has 4 amide bonds. The number of imide groups is 2. The van der Waals surface area contributed by atoms with E-state index in [9.17, 15) is 14.4 Å². The van der Waals surface area contributed by atoms with Gasteiger partial charge in [0.05, 0.1) is 5.69 Å². The van der Waals surface area contributed by atoms with E-state index < -0.39 is 17.8 Å². The van der Waals surface area contributed by atoms with Crippen molar-refractivity contribution in [3.8, 4) is 11.5 Å². The Labute approximate surface area is 217 Å². The smallest absolute Gasteiger partial charge is 0.335 e. The highest BCUT2D eigenvalue weighted by molar-refractivity contribution is 6.39. The van der Waals surface area contributed by atoms with Crippen molar-refractivity contribution in [2.75, 3.05) is 11.5 Å². The molecule has 36 heavy (non-hydrogen) atoms. The van der Waals surface area contributed by atoms with Crippen molar-refractivity contribution in [2.45, 2.75) is 6.61 Å². The molecule has 0 aromatic heterocycles. The maximum atomic E-state index is 13.2. The summed E-state index contributed by atoms with van der Waals surface area (Å²) in [4.78, 5) is 39.1. The molecule has 0 bridgehead atoms. The van der Waals surface area contributed by atoms with Crippen LogP contribution in [0, 0.1) is 0 Å². The zero-order valence-corrected chi connectivity index (χ0v) is 20.4. The molecule has 9 heteroatoms. The van der Waals surface area contributed by atoms with Crippen LogP contribution in [0.3, 0.4) is 0 Å². The molecule has 1 aliphatic rings. The van der Waals surface area contributed by atoms with Gasteiger partial charge in [-0.1, -0.05) is 60.1 Å². The van der Waals surface area contributed by atoms with E-state index in [4.69, 9.17) is 32.7 Å². The predicted octanol–water partition coefficient (Wildman–Crippen LogP) is 5.80. The molecule has 0 aliphatic carbocycles. The Morgan fingerprint density at radius 2 is 1.69 bits per heavy atom. The summed E-state index contributed by atoms with van der Waals surface area (Å²) in [6.07, 6.45) is 2.98. The fourth-order valence-corrected chi connectivity index (χ4v) is 3.88. The van der Waals surface area contributed by atoms with Crippen LogP contribution >= 0.6 is 23.2 Å². The van der Waals surface area contributed by atoms with Gasteiger partial charge in [-0.05, 0) is 48.5 Å². The van der Waals surface area contributed by atoms with Crippen molar-refractivity contribution in [1.82, 2.24) is 5.32 Å². The molecule has 1 aliphatic heterocycles. The topological polar surface area (TPSA) is 84.9 Å². The van der Waals surface area contributed by atoms with E-state index in [0.29, 0.717) is 27.1 Å². The van der Waals surface area contributed by atoms with Gasteiger partial charge in [0.15, 0.2) is 0 Å². The van der Waals surface area contributed by atoms with E-state index in [1.807, 2.05) is 0 Å². The predicted molar refractivity (Wildman–Crippen MR) is 138 cm³/mol. The summed E-state index contributed by atoms with van der Waals surface area (Å²) in [5, 5.41) is 3.22. The molecule has 3 aromatic rings. The van der Waals surface area contributed by atoms with Gasteiger partial charge < -0.3 is 9.47 Å². The Morgan fingerprint density at radius 3 is 2.42 bits per heavy atom. The minimum atomic E-state index is -0.847. The van der Waals surface area contributed by atoms with Gasteiger partial charge in [0.1, 0.15) is 30.3 Å². The van der Waals surface area contributed by atoms with Crippen LogP contribution in [-0.2, 0) is 16.2 Å². The number of carbonyl (C=O) groups is 3. The zero-order valence-electron chi connectivity index (χ0n) is 18.9. The fourth-order valence-electron chi connectivity index (χ4n) is 3.42. The number of para-hydroxylation sites is 1. The van der Waals surface area contributed by atoms with Crippen LogP contribution in [0.2, 0.25) is 10.0 Å². The zero-order chi connectivity index (χ0) is 25.7. The molecule has 3 aromatic carbocycles. The van der Waals surface area contributed by atoms with Gasteiger partial charge in [0.2, 0.25) is 0 Å². The van der Waals surface area contributed by atoms with Crippen LogP contribution in [0.5, 0.6) is 11.5 Å². The fraction of sp³-hybridized carbons (Fsp3) is 0.0741. The lowest BCUT2D eigenvalue weighted by atomic mass is 10.1. The highest BCUT2D eigenvalue weighted by Crippen LogP contribution is 2.28. The van der Waals surface area contributed by atoms with Gasteiger partial charge in [0.25, 0.3) is 11.8 Å². The van der Waals surface area contributed by atoms with Crippen molar-refractivity contribution in [1.29, 1.82) is 0 Å². The molecule has 1 heterocycles. The summed E-state index contributed by atoms with van der Waals surface area (Å²) in [5.74, 6) is -0.588. The third kappa shape index (κ3) is 5.59. The number of urea groups is 1. The molecule has 1 N–H and O–H groups in total. The maximum Gasteiger partial charge on any atom is 0.335 e. The number of barbiturate groups is 1. The molecule has 0 spiro atoms. The molecular weight excluding hydrogens is 503 g/mol. The number of benzene rings is 3. The Bertz CT molecular complexity index is 1370. The summed E-state index contributed by atoms with van der Waals surface area (Å²) >= 11 is 12.1. The first-order valence-electron chi connectivity index (χ1n) is 10.8. The number of halogens is 2. The first-order chi connectivity index (χ1) is 17.4. The molecule has 0 radical (unpaired) electrons. The first-order valence-corrected chi connectivity index (χ1v) is 11.5. The normalized spacial score (nSPS) is 14.6. The maximum absolute atomic E-state index is 13.2. The van der Waals surface area contributed by atoms with Gasteiger partial charge in [-0.3, -0.25) is 14.9 Å². The molecule has 4 rings (SSSR count). The van der Waals surface area contributed by atoms with E-state index in [0.717, 1.165) is 10.5 Å². The monoisotopic (exact) mass is 522 g/mol. The van der Waals surface area contributed by atoms with Gasteiger partial charge >= 0.3 is 6.03 Å². The third-order valence-electron chi connectivity index (χ3n) is 5.18. The minimum Gasteiger partial charge on any atom is -0.489 e. The van der Waals surface area contributed by atoms with Gasteiger partial charge in [-0.25, -0.2) is 9.69 Å². The number of anilines is 1. The van der Waals surface area contributed by atoms with Crippen LogP contribution in [-0.4, -0.2) is 24.5 Å². The molecule has 7 nitrogen and oxygen atoms in total. The number of amides is 4. The van der Waals surface area contributed by atoms with E-state index in [-0.39, 0.29) is 24.5 Å². The lowest BCUT2D eigenvalue weighted by molar-refractivity contribution is -0.122. The quantitative estimate of drug-likeness (QED) is 0.229. The average Bonchev–Trinajstić information content (AvgIpc) is 2.86. The van der Waals surface area contributed by atoms with Crippen molar-refractivity contribution in [3.63, 3.8) is 0 Å². The van der Waals surface area contributed by atoms with E-state index >= 15 is 0 Å². The van der Waals surface area contributed by atoms with Crippen molar-refractivity contribution >= 4 is 52.8 Å². The number of ether oxygens (including phenoxy) is 2. The van der Waals surface area contributed by atoms with E-state index in [2.05, 4.69) is 11.9 Å². The highest BCUT2D eigenvalue weighted by atomic mass is 35.5. The van der Waals surface area contributed by atoms with Crippen LogP contribution in [0.1, 0.15) is 11.1 Å². The second kappa shape index (κ2) is 11.1. The largest absolute Gasteiger partial charge is 0.489 e. The van der Waals surface area contributed by atoms with Gasteiger partial charge in [0, 0.05) is 21.2 Å². The summed E-state index contributed by atoms with van der Waals surface area (Å²) in [5.41, 5.74) is 1.32. The average molecular weight is 523 g/mol. The van der Waals surface area contributed by atoms with Crippen LogP contribution < -0.4 is 19.7 Å². The summed E-state index contributed by atoms with van der Waals surface area (Å²) < 4.78 is 11.4. The number of rotatable bonds is 8. The molecule has 1 fully saturated rings. The second-order valence-corrected chi connectivity index (χ2v) is 8.46. The molecule has 1 saturated heterocycles. The van der Waals surface area contributed by atoms with Crippen LogP contribution in [0.4, 0.5) is 10.5 Å². The number of nitrogens with one attached hydrogen (secondary N) is 1. The second-order valence-electron chi connectivity index (χ2n) is 7.61. The van der Waals surface area contributed by atoms with Crippen molar-refractivity contribution < 1.29 is 23.9 Å². The molecule has 0 saturated carbocycles. The number of carbonyl (C=O) groups excluding carboxylic acids is 3. The summed E-state index contributed by atoms with van der Waals surface area (Å²) in [6.45, 7) is 4.07. The van der Waals surface area contributed by atoms with Crippen LogP contribution in [0.25, 0.3) is 6.08 Å². The standard InChI is InChI=1S/C27H20Cl2N2O5/c1-2-13-35-24-6-4-3-5-17(24)14-22-25(32)30-27(34)31(26(22)33)20-9-11-21(12-10-20)36-16-18-7-8-19(28)15-23(18)29/h2-12,14-15H,1,13,16H2,(H,30,32,34)/b22-14+. The lowest BCUT2D eigenvalue weighted by Crippen LogP contribution is -2.54. The number of nitrogens with zero attached hydrogens (tertiary/aromatic N) is 1. The highest BCUT2D eigenvalue weighted by Gasteiger charge is 2.37. The molecular formula is C27H20Cl2N2O5.